The second-order valence-electron chi connectivity index (χ2n) is 9.71. The minimum absolute atomic E-state index is 0.298. The Hall–Kier alpha value is -4.28. The standard InChI is InChI=1S/C30H30N6O3S/c1-39-26-13-14-31-24(20-26)9-12-29-33-28-19-23(21-32-30(28)34-29)22-7-10-27(11-8-22)40(37,38)36-17-15-35(16-18-36)25-5-3-2-4-6-25/h2-8,10-11,13-14,19-21H,9,12,15-18H2,1H3,(H,32,33,34). The highest BCUT2D eigenvalue weighted by Gasteiger charge is 2.28. The Morgan fingerprint density at radius 2 is 1.65 bits per heavy atom. The highest BCUT2D eigenvalue weighted by atomic mass is 32.2. The van der Waals surface area contributed by atoms with E-state index in [-0.39, 0.29) is 0 Å². The summed E-state index contributed by atoms with van der Waals surface area (Å²) in [5, 5.41) is 0. The largest absolute Gasteiger partial charge is 0.497 e. The molecule has 1 N–H and O–H groups in total. The molecule has 1 saturated heterocycles. The lowest BCUT2D eigenvalue weighted by Crippen LogP contribution is -2.48. The van der Waals surface area contributed by atoms with Gasteiger partial charge in [-0.25, -0.2) is 18.4 Å². The summed E-state index contributed by atoms with van der Waals surface area (Å²) in [6, 6.07) is 22.8. The molecule has 40 heavy (non-hydrogen) atoms. The van der Waals surface area contributed by atoms with Gasteiger partial charge in [0.2, 0.25) is 10.0 Å². The number of aromatic amines is 1. The number of fused-ring (bicyclic) bond motifs is 1. The van der Waals surface area contributed by atoms with Crippen LogP contribution < -0.4 is 9.64 Å². The lowest BCUT2D eigenvalue weighted by molar-refractivity contribution is 0.385. The van der Waals surface area contributed by atoms with E-state index in [1.165, 1.54) is 0 Å². The van der Waals surface area contributed by atoms with Gasteiger partial charge in [-0.1, -0.05) is 30.3 Å². The summed E-state index contributed by atoms with van der Waals surface area (Å²) in [5.41, 5.74) is 5.28. The van der Waals surface area contributed by atoms with E-state index in [4.69, 9.17) is 9.72 Å². The molecule has 4 heterocycles. The minimum Gasteiger partial charge on any atom is -0.497 e. The molecule has 5 aromatic rings. The number of benzene rings is 2. The number of hydrogen-bond donors (Lipinski definition) is 1. The number of imidazole rings is 1. The Bertz CT molecular complexity index is 1710. The number of hydrogen-bond acceptors (Lipinski definition) is 7. The molecule has 10 heteroatoms. The number of aromatic nitrogens is 4. The first kappa shape index (κ1) is 26.0. The van der Waals surface area contributed by atoms with Gasteiger partial charge in [-0.2, -0.15) is 4.31 Å². The monoisotopic (exact) mass is 554 g/mol. The Kier molecular flexibility index (Phi) is 7.19. The third-order valence-corrected chi connectivity index (χ3v) is 9.13. The predicted molar refractivity (Wildman–Crippen MR) is 155 cm³/mol. The first-order chi connectivity index (χ1) is 19.5. The zero-order chi connectivity index (χ0) is 27.5. The molecule has 0 amide bonds. The van der Waals surface area contributed by atoms with E-state index >= 15 is 0 Å². The molecule has 2 aromatic carbocycles. The lowest BCUT2D eigenvalue weighted by atomic mass is 10.1. The molecule has 1 aliphatic rings. The molecule has 0 aliphatic carbocycles. The third-order valence-electron chi connectivity index (χ3n) is 7.21. The van der Waals surface area contributed by atoms with Gasteiger partial charge in [-0.05, 0) is 48.4 Å². The summed E-state index contributed by atoms with van der Waals surface area (Å²) in [4.78, 5) is 19.5. The number of H-pyrrole nitrogens is 1. The zero-order valence-corrected chi connectivity index (χ0v) is 23.0. The SMILES string of the molecule is COc1ccnc(CCc2nc3cc(-c4ccc(S(=O)(=O)N5CCN(c6ccccc6)CC5)cc4)cnc3[nH]2)c1. The van der Waals surface area contributed by atoms with E-state index in [1.807, 2.05) is 48.5 Å². The van der Waals surface area contributed by atoms with Crippen LogP contribution in [0.1, 0.15) is 11.5 Å². The van der Waals surface area contributed by atoms with Gasteiger partial charge in [-0.3, -0.25) is 4.98 Å². The molecule has 9 nitrogen and oxygen atoms in total. The summed E-state index contributed by atoms with van der Waals surface area (Å²) < 4.78 is 33.5. The molecule has 0 bridgehead atoms. The molecule has 1 fully saturated rings. The van der Waals surface area contributed by atoms with Crippen molar-refractivity contribution in [3.05, 3.63) is 96.7 Å². The number of piperazine rings is 1. The molecule has 0 atom stereocenters. The Morgan fingerprint density at radius 1 is 0.875 bits per heavy atom. The molecular weight excluding hydrogens is 524 g/mol. The molecule has 6 rings (SSSR count). The van der Waals surface area contributed by atoms with E-state index in [0.29, 0.717) is 43.1 Å². The maximum atomic E-state index is 13.3. The van der Waals surface area contributed by atoms with Crippen molar-refractivity contribution in [2.45, 2.75) is 17.7 Å². The van der Waals surface area contributed by atoms with Crippen LogP contribution in [0, 0.1) is 0 Å². The number of methoxy groups -OCH3 is 1. The predicted octanol–water partition coefficient (Wildman–Crippen LogP) is 4.32. The third kappa shape index (κ3) is 5.41. The van der Waals surface area contributed by atoms with Gasteiger partial charge >= 0.3 is 0 Å². The van der Waals surface area contributed by atoms with Gasteiger partial charge in [0, 0.05) is 68.0 Å². The fourth-order valence-corrected chi connectivity index (χ4v) is 6.40. The van der Waals surface area contributed by atoms with Crippen molar-refractivity contribution in [3.63, 3.8) is 0 Å². The summed E-state index contributed by atoms with van der Waals surface area (Å²) in [6.07, 6.45) is 4.93. The van der Waals surface area contributed by atoms with Crippen molar-refractivity contribution >= 4 is 26.9 Å². The minimum atomic E-state index is -3.57. The van der Waals surface area contributed by atoms with Gasteiger partial charge in [0.15, 0.2) is 5.65 Å². The van der Waals surface area contributed by atoms with Crippen molar-refractivity contribution in [2.75, 3.05) is 38.2 Å². The van der Waals surface area contributed by atoms with Crippen LogP contribution in [-0.4, -0.2) is 65.9 Å². The number of ether oxygens (including phenoxy) is 1. The molecule has 0 saturated carbocycles. The Labute approximate surface area is 233 Å². The van der Waals surface area contributed by atoms with Crippen LogP contribution >= 0.6 is 0 Å². The number of pyridine rings is 2. The smallest absolute Gasteiger partial charge is 0.243 e. The van der Waals surface area contributed by atoms with E-state index in [0.717, 1.165) is 46.0 Å². The molecule has 3 aromatic heterocycles. The van der Waals surface area contributed by atoms with Gasteiger partial charge in [0.05, 0.1) is 12.0 Å². The normalized spacial score (nSPS) is 14.5. The topological polar surface area (TPSA) is 104 Å². The summed E-state index contributed by atoms with van der Waals surface area (Å²) >= 11 is 0. The number of nitrogens with zero attached hydrogens (tertiary/aromatic N) is 5. The van der Waals surface area contributed by atoms with E-state index < -0.39 is 10.0 Å². The number of sulfonamides is 1. The fourth-order valence-electron chi connectivity index (χ4n) is 4.98. The van der Waals surface area contributed by atoms with Gasteiger partial charge in [-0.15, -0.1) is 0 Å². The van der Waals surface area contributed by atoms with Gasteiger partial charge in [0.25, 0.3) is 0 Å². The number of para-hydroxylation sites is 1. The van der Waals surface area contributed by atoms with Crippen molar-refractivity contribution in [3.8, 4) is 16.9 Å². The number of nitrogens with one attached hydrogen (secondary N) is 1. The molecule has 204 valence electrons. The molecule has 0 radical (unpaired) electrons. The molecular formula is C30H30N6O3S. The first-order valence-corrected chi connectivity index (χ1v) is 14.7. The average Bonchev–Trinajstić information content (AvgIpc) is 3.43. The highest BCUT2D eigenvalue weighted by Crippen LogP contribution is 2.26. The summed E-state index contributed by atoms with van der Waals surface area (Å²) in [5.74, 6) is 1.61. The van der Waals surface area contributed by atoms with Crippen LogP contribution in [0.3, 0.4) is 0 Å². The van der Waals surface area contributed by atoms with Gasteiger partial charge in [0.1, 0.15) is 17.1 Å². The number of anilines is 1. The Morgan fingerprint density at radius 3 is 2.40 bits per heavy atom. The van der Waals surface area contributed by atoms with E-state index in [1.54, 1.807) is 35.9 Å². The van der Waals surface area contributed by atoms with Crippen molar-refractivity contribution in [1.82, 2.24) is 24.2 Å². The van der Waals surface area contributed by atoms with Gasteiger partial charge < -0.3 is 14.6 Å². The maximum Gasteiger partial charge on any atom is 0.243 e. The van der Waals surface area contributed by atoms with E-state index in [2.05, 4.69) is 32.0 Å². The van der Waals surface area contributed by atoms with Crippen LogP contribution in [0.4, 0.5) is 5.69 Å². The highest BCUT2D eigenvalue weighted by molar-refractivity contribution is 7.89. The number of rotatable bonds is 8. The molecule has 1 aliphatic heterocycles. The summed E-state index contributed by atoms with van der Waals surface area (Å²) in [6.45, 7) is 2.23. The average molecular weight is 555 g/mol. The second kappa shape index (κ2) is 11.1. The first-order valence-electron chi connectivity index (χ1n) is 13.2. The lowest BCUT2D eigenvalue weighted by Gasteiger charge is -2.35. The zero-order valence-electron chi connectivity index (χ0n) is 22.2. The fraction of sp³-hybridized carbons (Fsp3) is 0.233. The van der Waals surface area contributed by atoms with Crippen molar-refractivity contribution in [2.24, 2.45) is 0 Å². The van der Waals surface area contributed by atoms with Crippen molar-refractivity contribution < 1.29 is 13.2 Å². The van der Waals surface area contributed by atoms with Crippen LogP contribution in [-0.2, 0) is 22.9 Å². The quantitative estimate of drug-likeness (QED) is 0.305. The Balaban J connectivity index is 1.13. The molecule has 0 spiro atoms. The summed E-state index contributed by atoms with van der Waals surface area (Å²) in [7, 11) is -1.93. The van der Waals surface area contributed by atoms with Crippen LogP contribution in [0.25, 0.3) is 22.3 Å². The maximum absolute atomic E-state index is 13.3. The second-order valence-corrected chi connectivity index (χ2v) is 11.7. The van der Waals surface area contributed by atoms with E-state index in [9.17, 15) is 8.42 Å². The molecule has 0 unspecified atom stereocenters. The van der Waals surface area contributed by atoms with Crippen molar-refractivity contribution in [1.29, 1.82) is 0 Å². The van der Waals surface area contributed by atoms with Crippen LogP contribution in [0.2, 0.25) is 0 Å². The van der Waals surface area contributed by atoms with Crippen LogP contribution in [0.15, 0.2) is 90.1 Å². The van der Waals surface area contributed by atoms with Crippen LogP contribution in [0.5, 0.6) is 5.75 Å². The number of aryl methyl sites for hydroxylation is 2.